The largest absolute Gasteiger partial charge is 0.506 e. The number of aromatic hydroxyl groups is 1. The molecular formula is C48H44N8O6. The molecule has 5 heterocycles. The number of nitrogens with one attached hydrogen (secondary N) is 2. The van der Waals surface area contributed by atoms with Crippen molar-refractivity contribution in [2.24, 2.45) is 0 Å². The Morgan fingerprint density at radius 1 is 0.677 bits per heavy atom. The number of aromatic nitrogens is 4. The van der Waals surface area contributed by atoms with Crippen molar-refractivity contribution in [3.8, 4) is 28.6 Å². The smallest absolute Gasteiger partial charge is 0.267 e. The highest BCUT2D eigenvalue weighted by molar-refractivity contribution is 5.96. The average molecular weight is 829 g/mol. The number of para-hydroxylation sites is 6. The first-order valence-electron chi connectivity index (χ1n) is 20.6. The molecule has 3 aliphatic heterocycles. The lowest BCUT2D eigenvalue weighted by Gasteiger charge is -2.36. The fourth-order valence-electron chi connectivity index (χ4n) is 8.25. The van der Waals surface area contributed by atoms with Crippen LogP contribution in [0.4, 0.5) is 17.1 Å². The van der Waals surface area contributed by atoms with Gasteiger partial charge in [0.1, 0.15) is 17.2 Å². The lowest BCUT2D eigenvalue weighted by atomic mass is 10.1. The number of carbonyl (C=O) groups is 2. The van der Waals surface area contributed by atoms with Crippen molar-refractivity contribution in [1.82, 2.24) is 24.9 Å². The molecule has 4 atom stereocenters. The molecule has 2 aromatic heterocycles. The van der Waals surface area contributed by atoms with E-state index in [0.29, 0.717) is 56.4 Å². The molecule has 14 heteroatoms. The van der Waals surface area contributed by atoms with Crippen LogP contribution in [0.2, 0.25) is 0 Å². The van der Waals surface area contributed by atoms with Crippen LogP contribution in [0.3, 0.4) is 0 Å². The van der Waals surface area contributed by atoms with Crippen molar-refractivity contribution < 1.29 is 28.9 Å². The summed E-state index contributed by atoms with van der Waals surface area (Å²) in [5.74, 6) is 0.781. The molecule has 1 saturated heterocycles. The maximum absolute atomic E-state index is 13.7. The van der Waals surface area contributed by atoms with Gasteiger partial charge in [-0.25, -0.2) is 9.36 Å². The minimum absolute atomic E-state index is 0.00623. The molecule has 1 fully saturated rings. The van der Waals surface area contributed by atoms with Gasteiger partial charge in [0.15, 0.2) is 12.2 Å². The summed E-state index contributed by atoms with van der Waals surface area (Å²) in [5.41, 5.74) is 7.14. The first-order valence-corrected chi connectivity index (χ1v) is 20.6. The molecule has 5 aromatic carbocycles. The van der Waals surface area contributed by atoms with Crippen LogP contribution in [0, 0.1) is 0 Å². The van der Waals surface area contributed by atoms with E-state index in [2.05, 4.69) is 54.9 Å². The van der Waals surface area contributed by atoms with Crippen molar-refractivity contribution in [3.63, 3.8) is 0 Å². The minimum atomic E-state index is -0.783. The number of rotatable bonds is 11. The van der Waals surface area contributed by atoms with Gasteiger partial charge in [-0.05, 0) is 77.9 Å². The molecule has 7 aromatic rings. The number of benzene rings is 5. The fourth-order valence-corrected chi connectivity index (χ4v) is 8.25. The molecule has 0 bridgehead atoms. The van der Waals surface area contributed by atoms with Crippen molar-refractivity contribution >= 4 is 28.9 Å². The number of hydrogen-bond donors (Lipinski definition) is 3. The van der Waals surface area contributed by atoms with Gasteiger partial charge in [0, 0.05) is 43.7 Å². The fraction of sp³-hybridized carbons (Fsp3) is 0.208. The third-order valence-electron chi connectivity index (χ3n) is 11.4. The van der Waals surface area contributed by atoms with E-state index < -0.39 is 12.2 Å². The van der Waals surface area contributed by atoms with Gasteiger partial charge < -0.3 is 39.8 Å². The lowest BCUT2D eigenvalue weighted by Crippen LogP contribution is -2.51. The summed E-state index contributed by atoms with van der Waals surface area (Å²) in [5, 5.41) is 25.2. The van der Waals surface area contributed by atoms with Crippen LogP contribution in [0.15, 0.2) is 152 Å². The Labute approximate surface area is 357 Å². The van der Waals surface area contributed by atoms with E-state index in [1.165, 1.54) is 6.07 Å². The van der Waals surface area contributed by atoms with E-state index in [1.54, 1.807) is 24.4 Å². The zero-order valence-corrected chi connectivity index (χ0v) is 33.7. The number of amides is 2. The number of nitrogens with zero attached hydrogens (tertiary/aromatic N) is 6. The number of carbonyl (C=O) groups excluding carboxylic acids is 2. The summed E-state index contributed by atoms with van der Waals surface area (Å²) < 4.78 is 22.2. The van der Waals surface area contributed by atoms with Gasteiger partial charge >= 0.3 is 0 Å². The van der Waals surface area contributed by atoms with Gasteiger partial charge in [0.2, 0.25) is 0 Å². The second-order valence-corrected chi connectivity index (χ2v) is 15.7. The summed E-state index contributed by atoms with van der Waals surface area (Å²) in [4.78, 5) is 31.3. The molecule has 3 aliphatic rings. The maximum Gasteiger partial charge on any atom is 0.267 e. The Hall–Kier alpha value is -7.58. The first-order chi connectivity index (χ1) is 30.4. The molecule has 62 heavy (non-hydrogen) atoms. The number of ether oxygens (including phenoxy) is 3. The summed E-state index contributed by atoms with van der Waals surface area (Å²) >= 11 is 0. The Morgan fingerprint density at radius 2 is 1.27 bits per heavy atom. The van der Waals surface area contributed by atoms with Gasteiger partial charge in [0.25, 0.3) is 11.8 Å². The maximum atomic E-state index is 13.7. The zero-order chi connectivity index (χ0) is 42.0. The summed E-state index contributed by atoms with van der Waals surface area (Å²) in [6.07, 6.45) is 6.37. The number of phenolic OH excluding ortho intramolecular Hbond substituents is 1. The normalized spacial score (nSPS) is 19.2. The van der Waals surface area contributed by atoms with Crippen molar-refractivity contribution in [2.75, 3.05) is 34.8 Å². The molecule has 14 nitrogen and oxygen atoms in total. The van der Waals surface area contributed by atoms with Gasteiger partial charge in [-0.15, -0.1) is 0 Å². The van der Waals surface area contributed by atoms with Crippen LogP contribution in [-0.4, -0.2) is 74.4 Å². The van der Waals surface area contributed by atoms with Crippen LogP contribution >= 0.6 is 0 Å². The van der Waals surface area contributed by atoms with E-state index in [-0.39, 0.29) is 29.7 Å². The van der Waals surface area contributed by atoms with Gasteiger partial charge in [-0.2, -0.15) is 10.2 Å². The monoisotopic (exact) mass is 828 g/mol. The second kappa shape index (κ2) is 16.8. The molecule has 4 unspecified atom stereocenters. The Morgan fingerprint density at radius 3 is 1.90 bits per heavy atom. The van der Waals surface area contributed by atoms with E-state index in [0.717, 1.165) is 39.4 Å². The standard InChI is InChI=1S/C48H44N8O6/c57-41-11-4-1-8-38(41)52-48(59)46-30-54(40-10-3-6-13-43(40)62-46)27-33-16-20-37(21-17-33)56-28-34(25-50-56)44-24-35(31-60-44)51-47(58)45-29-53(39-9-2-5-12-42(39)61-45)26-32-14-18-36(19-15-32)55-23-7-22-49-55/h1-23,25,28,35,44-46,57H,24,26-27,29-31H2,(H,51,58)(H,52,59). The summed E-state index contributed by atoms with van der Waals surface area (Å²) in [7, 11) is 0. The van der Waals surface area contributed by atoms with Crippen LogP contribution in [0.25, 0.3) is 11.4 Å². The van der Waals surface area contributed by atoms with Crippen molar-refractivity contribution in [1.29, 1.82) is 0 Å². The molecule has 0 aliphatic carbocycles. The number of phenols is 1. The molecule has 0 radical (unpaired) electrons. The predicted octanol–water partition coefficient (Wildman–Crippen LogP) is 6.58. The van der Waals surface area contributed by atoms with E-state index in [1.807, 2.05) is 107 Å². The van der Waals surface area contributed by atoms with Gasteiger partial charge in [-0.3, -0.25) is 9.59 Å². The highest BCUT2D eigenvalue weighted by Crippen LogP contribution is 2.37. The molecule has 10 rings (SSSR count). The molecule has 2 amide bonds. The highest BCUT2D eigenvalue weighted by Gasteiger charge is 2.35. The Bertz CT molecular complexity index is 2690. The molecule has 0 spiro atoms. The van der Waals surface area contributed by atoms with E-state index in [9.17, 15) is 14.7 Å². The SMILES string of the molecule is O=C(Nc1ccccc1O)C1CN(Cc2ccc(-n3cc(C4CC(NC(=O)C5CN(Cc6ccc(-n7cccn7)cc6)c6ccccc6O5)CO4)cn3)cc2)c2ccccc2O1. The Balaban J connectivity index is 0.749. The summed E-state index contributed by atoms with van der Waals surface area (Å²) in [6.45, 7) is 2.29. The molecule has 0 saturated carbocycles. The van der Waals surface area contributed by atoms with Crippen LogP contribution in [0.1, 0.15) is 29.2 Å². The number of anilines is 3. The quantitative estimate of drug-likeness (QED) is 0.122. The van der Waals surface area contributed by atoms with Crippen molar-refractivity contribution in [3.05, 3.63) is 169 Å². The van der Waals surface area contributed by atoms with Gasteiger partial charge in [-0.1, -0.05) is 60.7 Å². The molecular weight excluding hydrogens is 785 g/mol. The van der Waals surface area contributed by atoms with Crippen LogP contribution < -0.4 is 29.9 Å². The van der Waals surface area contributed by atoms with Crippen LogP contribution in [0.5, 0.6) is 17.2 Å². The second-order valence-electron chi connectivity index (χ2n) is 15.7. The van der Waals surface area contributed by atoms with E-state index >= 15 is 0 Å². The van der Waals surface area contributed by atoms with E-state index in [4.69, 9.17) is 14.2 Å². The average Bonchev–Trinajstić information content (AvgIpc) is 4.12. The van der Waals surface area contributed by atoms with Crippen molar-refractivity contribution in [2.45, 2.75) is 43.9 Å². The minimum Gasteiger partial charge on any atom is -0.506 e. The Kier molecular flexibility index (Phi) is 10.5. The topological polar surface area (TPSA) is 148 Å². The van der Waals surface area contributed by atoms with Gasteiger partial charge in [0.05, 0.1) is 66.5 Å². The third kappa shape index (κ3) is 8.15. The molecule has 3 N–H and O–H groups in total. The molecule has 312 valence electrons. The third-order valence-corrected chi connectivity index (χ3v) is 11.4. The number of hydrogen-bond acceptors (Lipinski definition) is 10. The summed E-state index contributed by atoms with van der Waals surface area (Å²) in [6, 6.07) is 40.2. The predicted molar refractivity (Wildman–Crippen MR) is 233 cm³/mol. The first kappa shape index (κ1) is 38.6. The number of fused-ring (bicyclic) bond motifs is 2. The lowest BCUT2D eigenvalue weighted by molar-refractivity contribution is -0.128. The highest BCUT2D eigenvalue weighted by atomic mass is 16.5. The van der Waals surface area contributed by atoms with Crippen LogP contribution in [-0.2, 0) is 27.4 Å². The zero-order valence-electron chi connectivity index (χ0n) is 33.7.